The van der Waals surface area contributed by atoms with E-state index in [4.69, 9.17) is 9.47 Å². The molecule has 3 aromatic rings. The van der Waals surface area contributed by atoms with E-state index in [1.165, 1.54) is 13.0 Å². The van der Waals surface area contributed by atoms with Crippen molar-refractivity contribution in [2.45, 2.75) is 51.7 Å². The molecule has 0 radical (unpaired) electrons. The number of benzene rings is 2. The molecule has 1 heterocycles. The molecule has 1 fully saturated rings. The SMILES string of the molecule is CC(=O)OC1CCC(Oc2ncc(-c3ccc(NC(=O)Nc4cccc(C)c4F)cc3)cn2)CC1. The van der Waals surface area contributed by atoms with Gasteiger partial charge in [-0.15, -0.1) is 0 Å². The molecule has 1 aliphatic carbocycles. The Bertz CT molecular complexity index is 1180. The molecular formula is C26H27FN4O4. The molecule has 0 aliphatic heterocycles. The molecule has 1 aromatic heterocycles. The molecule has 182 valence electrons. The highest BCUT2D eigenvalue weighted by Gasteiger charge is 2.24. The Morgan fingerprint density at radius 2 is 1.57 bits per heavy atom. The standard InChI is InChI=1S/C26H27FN4O4/c1-16-4-3-5-23(24(16)27)31-25(33)30-20-8-6-18(7-9-20)19-14-28-26(29-15-19)35-22-12-10-21(11-13-22)34-17(2)32/h3-9,14-15,21-22H,10-13H2,1-2H3,(H2,30,31,33). The van der Waals surface area contributed by atoms with Crippen molar-refractivity contribution in [1.29, 1.82) is 0 Å². The third kappa shape index (κ3) is 6.53. The highest BCUT2D eigenvalue weighted by atomic mass is 19.1. The minimum absolute atomic E-state index is 0.00237. The van der Waals surface area contributed by atoms with Gasteiger partial charge in [-0.1, -0.05) is 24.3 Å². The van der Waals surface area contributed by atoms with Crippen LogP contribution in [0.1, 0.15) is 38.2 Å². The smallest absolute Gasteiger partial charge is 0.323 e. The van der Waals surface area contributed by atoms with Crippen molar-refractivity contribution in [3.63, 3.8) is 0 Å². The molecule has 2 aromatic carbocycles. The van der Waals surface area contributed by atoms with Gasteiger partial charge in [0.2, 0.25) is 0 Å². The van der Waals surface area contributed by atoms with Gasteiger partial charge < -0.3 is 20.1 Å². The second kappa shape index (κ2) is 10.9. The van der Waals surface area contributed by atoms with Gasteiger partial charge in [-0.3, -0.25) is 4.79 Å². The number of carbonyl (C=O) groups excluding carboxylic acids is 2. The maximum Gasteiger partial charge on any atom is 0.323 e. The molecule has 0 saturated heterocycles. The normalized spacial score (nSPS) is 17.3. The Hall–Kier alpha value is -4.01. The maximum atomic E-state index is 14.1. The first-order valence-electron chi connectivity index (χ1n) is 11.5. The molecule has 8 nitrogen and oxygen atoms in total. The average molecular weight is 479 g/mol. The van der Waals surface area contributed by atoms with E-state index in [-0.39, 0.29) is 23.9 Å². The molecule has 0 atom stereocenters. The van der Waals surface area contributed by atoms with Crippen molar-refractivity contribution in [2.24, 2.45) is 0 Å². The molecular weight excluding hydrogens is 451 g/mol. The average Bonchev–Trinajstić information content (AvgIpc) is 2.84. The van der Waals surface area contributed by atoms with Gasteiger partial charge in [0.25, 0.3) is 0 Å². The fourth-order valence-corrected chi connectivity index (χ4v) is 3.95. The molecule has 9 heteroatoms. The predicted molar refractivity (Wildman–Crippen MR) is 130 cm³/mol. The van der Waals surface area contributed by atoms with Gasteiger partial charge in [0.15, 0.2) is 0 Å². The fraction of sp³-hybridized carbons (Fsp3) is 0.308. The molecule has 1 saturated carbocycles. The van der Waals surface area contributed by atoms with Gasteiger partial charge in [0, 0.05) is 30.6 Å². The van der Waals surface area contributed by atoms with Crippen molar-refractivity contribution in [3.8, 4) is 17.1 Å². The summed E-state index contributed by atoms with van der Waals surface area (Å²) in [5.74, 6) is -0.710. The summed E-state index contributed by atoms with van der Waals surface area (Å²) in [6, 6.07) is 11.7. The Kier molecular flexibility index (Phi) is 7.54. The summed E-state index contributed by atoms with van der Waals surface area (Å²) in [7, 11) is 0. The van der Waals surface area contributed by atoms with Gasteiger partial charge >= 0.3 is 18.0 Å². The minimum Gasteiger partial charge on any atom is -0.463 e. The lowest BCUT2D eigenvalue weighted by Gasteiger charge is -2.27. The van der Waals surface area contributed by atoms with Crippen LogP contribution in [-0.4, -0.2) is 34.2 Å². The zero-order valence-electron chi connectivity index (χ0n) is 19.6. The topological polar surface area (TPSA) is 102 Å². The van der Waals surface area contributed by atoms with E-state index in [1.54, 1.807) is 43.6 Å². The Balaban J connectivity index is 1.29. The van der Waals surface area contributed by atoms with Crippen LogP contribution < -0.4 is 15.4 Å². The van der Waals surface area contributed by atoms with Crippen LogP contribution in [0.3, 0.4) is 0 Å². The Labute approximate surface area is 202 Å². The molecule has 2 N–H and O–H groups in total. The van der Waals surface area contributed by atoms with Crippen LogP contribution >= 0.6 is 0 Å². The second-order valence-electron chi connectivity index (χ2n) is 8.47. The zero-order chi connectivity index (χ0) is 24.8. The molecule has 0 spiro atoms. The highest BCUT2D eigenvalue weighted by molar-refractivity contribution is 6.00. The highest BCUT2D eigenvalue weighted by Crippen LogP contribution is 2.26. The van der Waals surface area contributed by atoms with Crippen LogP contribution in [0.4, 0.5) is 20.6 Å². The van der Waals surface area contributed by atoms with Crippen molar-refractivity contribution in [2.75, 3.05) is 10.6 Å². The number of carbonyl (C=O) groups is 2. The lowest BCUT2D eigenvalue weighted by molar-refractivity contribution is -0.148. The van der Waals surface area contributed by atoms with Gasteiger partial charge in [0.05, 0.1) is 5.69 Å². The number of ether oxygens (including phenoxy) is 2. The van der Waals surface area contributed by atoms with Crippen LogP contribution in [0.5, 0.6) is 6.01 Å². The van der Waals surface area contributed by atoms with E-state index in [1.807, 2.05) is 12.1 Å². The number of amides is 2. The number of aromatic nitrogens is 2. The van der Waals surface area contributed by atoms with Crippen LogP contribution in [-0.2, 0) is 9.53 Å². The Morgan fingerprint density at radius 3 is 2.23 bits per heavy atom. The van der Waals surface area contributed by atoms with Crippen LogP contribution in [0.15, 0.2) is 54.9 Å². The van der Waals surface area contributed by atoms with Crippen molar-refractivity contribution in [1.82, 2.24) is 9.97 Å². The van der Waals surface area contributed by atoms with Crippen molar-refractivity contribution < 1.29 is 23.5 Å². The second-order valence-corrected chi connectivity index (χ2v) is 8.47. The van der Waals surface area contributed by atoms with Gasteiger partial charge in [-0.05, 0) is 61.9 Å². The van der Waals surface area contributed by atoms with Crippen molar-refractivity contribution in [3.05, 3.63) is 66.2 Å². The molecule has 4 rings (SSSR count). The number of nitrogens with zero attached hydrogens (tertiary/aromatic N) is 2. The predicted octanol–water partition coefficient (Wildman–Crippen LogP) is 5.49. The number of urea groups is 1. The molecule has 0 bridgehead atoms. The lowest BCUT2D eigenvalue weighted by atomic mass is 9.95. The summed E-state index contributed by atoms with van der Waals surface area (Å²) >= 11 is 0. The van der Waals surface area contributed by atoms with Gasteiger partial charge in [0.1, 0.15) is 18.0 Å². The zero-order valence-corrected chi connectivity index (χ0v) is 19.6. The van der Waals surface area contributed by atoms with E-state index in [9.17, 15) is 14.0 Å². The molecule has 2 amide bonds. The van der Waals surface area contributed by atoms with Crippen molar-refractivity contribution >= 4 is 23.4 Å². The molecule has 1 aliphatic rings. The number of halogens is 1. The first-order valence-corrected chi connectivity index (χ1v) is 11.5. The monoisotopic (exact) mass is 478 g/mol. The first kappa shape index (κ1) is 24.1. The summed E-state index contributed by atoms with van der Waals surface area (Å²) in [5.41, 5.74) is 2.81. The maximum absolute atomic E-state index is 14.1. The van der Waals surface area contributed by atoms with Crippen LogP contribution in [0, 0.1) is 12.7 Å². The minimum atomic E-state index is -0.533. The fourth-order valence-electron chi connectivity index (χ4n) is 3.95. The third-order valence-corrected chi connectivity index (χ3v) is 5.77. The van der Waals surface area contributed by atoms with Crippen LogP contribution in [0.2, 0.25) is 0 Å². The van der Waals surface area contributed by atoms with E-state index in [2.05, 4.69) is 20.6 Å². The third-order valence-electron chi connectivity index (χ3n) is 5.77. The number of aryl methyl sites for hydroxylation is 1. The number of anilines is 2. The largest absolute Gasteiger partial charge is 0.463 e. The number of rotatable bonds is 6. The number of nitrogens with one attached hydrogen (secondary N) is 2. The first-order chi connectivity index (χ1) is 16.9. The van der Waals surface area contributed by atoms with E-state index >= 15 is 0 Å². The summed E-state index contributed by atoms with van der Waals surface area (Å²) in [4.78, 5) is 31.9. The molecule has 0 unspecified atom stereocenters. The summed E-state index contributed by atoms with van der Waals surface area (Å²) in [6.45, 7) is 3.06. The summed E-state index contributed by atoms with van der Waals surface area (Å²) < 4.78 is 25.2. The quantitative estimate of drug-likeness (QED) is 0.454. The summed E-state index contributed by atoms with van der Waals surface area (Å²) in [6.07, 6.45) is 6.41. The Morgan fingerprint density at radius 1 is 0.914 bits per heavy atom. The number of hydrogen-bond acceptors (Lipinski definition) is 6. The van der Waals surface area contributed by atoms with Gasteiger partial charge in [-0.2, -0.15) is 0 Å². The lowest BCUT2D eigenvalue weighted by Crippen LogP contribution is -2.29. The molecule has 35 heavy (non-hydrogen) atoms. The van der Waals surface area contributed by atoms with E-state index < -0.39 is 11.8 Å². The van der Waals surface area contributed by atoms with E-state index in [0.717, 1.165) is 36.8 Å². The van der Waals surface area contributed by atoms with Gasteiger partial charge in [-0.25, -0.2) is 19.2 Å². The van der Waals surface area contributed by atoms with Crippen LogP contribution in [0.25, 0.3) is 11.1 Å². The number of esters is 1. The summed E-state index contributed by atoms with van der Waals surface area (Å²) in [5, 5.41) is 5.20. The number of hydrogen-bond donors (Lipinski definition) is 2. The van der Waals surface area contributed by atoms with E-state index in [0.29, 0.717) is 17.3 Å².